The van der Waals surface area contributed by atoms with Crippen molar-refractivity contribution in [2.75, 3.05) is 6.54 Å². The molecule has 4 nitrogen and oxygen atoms in total. The number of para-hydroxylation sites is 1. The minimum Gasteiger partial charge on any atom is -0.357 e. The van der Waals surface area contributed by atoms with Crippen molar-refractivity contribution in [1.82, 2.24) is 15.6 Å². The lowest BCUT2D eigenvalue weighted by molar-refractivity contribution is 0.824. The zero-order valence-electron chi connectivity index (χ0n) is 13.1. The highest BCUT2D eigenvalue weighted by atomic mass is 32.1. The highest BCUT2D eigenvalue weighted by Crippen LogP contribution is 2.16. The Hall–Kier alpha value is -2.40. The summed E-state index contributed by atoms with van der Waals surface area (Å²) >= 11 is 1.75. The van der Waals surface area contributed by atoms with Crippen molar-refractivity contribution >= 4 is 28.2 Å². The van der Waals surface area contributed by atoms with E-state index < -0.39 is 0 Å². The van der Waals surface area contributed by atoms with E-state index in [1.165, 1.54) is 10.4 Å². The quantitative estimate of drug-likeness (QED) is 0.557. The van der Waals surface area contributed by atoms with Gasteiger partial charge in [0, 0.05) is 23.0 Å². The molecule has 0 saturated heterocycles. The van der Waals surface area contributed by atoms with Crippen LogP contribution in [0.15, 0.2) is 59.0 Å². The number of hydrogen-bond donors (Lipinski definition) is 2. The maximum Gasteiger partial charge on any atom is 0.191 e. The summed E-state index contributed by atoms with van der Waals surface area (Å²) in [4.78, 5) is 10.4. The van der Waals surface area contributed by atoms with Gasteiger partial charge in [-0.05, 0) is 36.1 Å². The summed E-state index contributed by atoms with van der Waals surface area (Å²) in [5, 5.41) is 9.91. The van der Waals surface area contributed by atoms with E-state index in [1.807, 2.05) is 30.5 Å². The predicted molar refractivity (Wildman–Crippen MR) is 97.7 cm³/mol. The molecule has 23 heavy (non-hydrogen) atoms. The van der Waals surface area contributed by atoms with E-state index in [2.05, 4.69) is 46.1 Å². The van der Waals surface area contributed by atoms with E-state index in [-0.39, 0.29) is 0 Å². The van der Waals surface area contributed by atoms with Crippen LogP contribution in [0.3, 0.4) is 0 Å². The monoisotopic (exact) mass is 324 g/mol. The number of rotatable bonds is 5. The molecule has 2 heterocycles. The summed E-state index contributed by atoms with van der Waals surface area (Å²) in [5.74, 6) is 0.835. The maximum atomic E-state index is 4.70. The van der Waals surface area contributed by atoms with E-state index in [9.17, 15) is 0 Å². The molecule has 3 rings (SSSR count). The lowest BCUT2D eigenvalue weighted by atomic mass is 10.1. The van der Waals surface area contributed by atoms with Gasteiger partial charge in [-0.1, -0.05) is 24.3 Å². The molecule has 0 radical (unpaired) electrons. The number of hydrogen-bond acceptors (Lipinski definition) is 3. The first-order valence-corrected chi connectivity index (χ1v) is 8.62. The summed E-state index contributed by atoms with van der Waals surface area (Å²) < 4.78 is 0. The van der Waals surface area contributed by atoms with Crippen LogP contribution in [0, 0.1) is 0 Å². The highest BCUT2D eigenvalue weighted by Gasteiger charge is 2.02. The van der Waals surface area contributed by atoms with E-state index >= 15 is 0 Å². The van der Waals surface area contributed by atoms with Gasteiger partial charge in [0.1, 0.15) is 0 Å². The predicted octanol–water partition coefficient (Wildman–Crippen LogP) is 3.55. The van der Waals surface area contributed by atoms with Crippen molar-refractivity contribution in [2.24, 2.45) is 4.99 Å². The number of fused-ring (bicyclic) bond motifs is 1. The third-order valence-corrected chi connectivity index (χ3v) is 4.38. The number of guanidine groups is 1. The summed E-state index contributed by atoms with van der Waals surface area (Å²) in [6.45, 7) is 4.33. The van der Waals surface area contributed by atoms with Crippen LogP contribution in [0.1, 0.15) is 17.4 Å². The van der Waals surface area contributed by atoms with Crippen molar-refractivity contribution < 1.29 is 0 Å². The zero-order valence-corrected chi connectivity index (χ0v) is 13.9. The summed E-state index contributed by atoms with van der Waals surface area (Å²) in [6.07, 6.45) is 1.85. The molecule has 0 spiro atoms. The Kier molecular flexibility index (Phi) is 5.21. The molecule has 0 amide bonds. The Morgan fingerprint density at radius 2 is 2.04 bits per heavy atom. The molecule has 118 valence electrons. The fourth-order valence-corrected chi connectivity index (χ4v) is 3.03. The molecular formula is C18H20N4S. The molecule has 0 atom stereocenters. The molecule has 0 aliphatic carbocycles. The van der Waals surface area contributed by atoms with E-state index in [0.29, 0.717) is 6.54 Å². The van der Waals surface area contributed by atoms with Gasteiger partial charge in [-0.2, -0.15) is 0 Å². The SMILES string of the molecule is CCNC(=NCc1ccnc2ccccc12)NCc1cccs1. The number of aliphatic imine (C=N–C) groups is 1. The van der Waals surface area contributed by atoms with Gasteiger partial charge in [0.15, 0.2) is 5.96 Å². The number of pyridine rings is 1. The van der Waals surface area contributed by atoms with Crippen molar-refractivity contribution in [1.29, 1.82) is 0 Å². The second-order valence-corrected chi connectivity index (χ2v) is 6.15. The molecule has 3 aromatic rings. The molecule has 0 aliphatic heterocycles. The van der Waals surface area contributed by atoms with Crippen LogP contribution in [-0.2, 0) is 13.1 Å². The van der Waals surface area contributed by atoms with Crippen LogP contribution in [-0.4, -0.2) is 17.5 Å². The summed E-state index contributed by atoms with van der Waals surface area (Å²) in [5.41, 5.74) is 2.20. The van der Waals surface area contributed by atoms with Gasteiger partial charge in [-0.15, -0.1) is 11.3 Å². The molecule has 2 N–H and O–H groups in total. The van der Waals surface area contributed by atoms with Gasteiger partial charge >= 0.3 is 0 Å². The van der Waals surface area contributed by atoms with Crippen molar-refractivity contribution in [3.63, 3.8) is 0 Å². The summed E-state index contributed by atoms with van der Waals surface area (Å²) in [7, 11) is 0. The van der Waals surface area contributed by atoms with Crippen molar-refractivity contribution in [3.05, 3.63) is 64.5 Å². The summed E-state index contributed by atoms with van der Waals surface area (Å²) in [6, 6.07) is 14.4. The van der Waals surface area contributed by atoms with Gasteiger partial charge in [0.25, 0.3) is 0 Å². The topological polar surface area (TPSA) is 49.3 Å². The largest absolute Gasteiger partial charge is 0.357 e. The Bertz CT molecular complexity index is 775. The second kappa shape index (κ2) is 7.74. The molecule has 0 saturated carbocycles. The minimum absolute atomic E-state index is 0.628. The normalized spacial score (nSPS) is 11.6. The van der Waals surface area contributed by atoms with E-state index in [1.54, 1.807) is 11.3 Å². The third-order valence-electron chi connectivity index (χ3n) is 3.50. The average Bonchev–Trinajstić information content (AvgIpc) is 3.11. The van der Waals surface area contributed by atoms with Crippen LogP contribution in [0.2, 0.25) is 0 Å². The number of thiophene rings is 1. The third kappa shape index (κ3) is 4.07. The minimum atomic E-state index is 0.628. The van der Waals surface area contributed by atoms with Gasteiger partial charge in [-0.3, -0.25) is 4.98 Å². The zero-order chi connectivity index (χ0) is 15.9. The van der Waals surface area contributed by atoms with Crippen LogP contribution in [0.25, 0.3) is 10.9 Å². The second-order valence-electron chi connectivity index (χ2n) is 5.12. The molecule has 0 unspecified atom stereocenters. The van der Waals surface area contributed by atoms with E-state index in [0.717, 1.165) is 30.0 Å². The standard InChI is InChI=1S/C18H20N4S/c1-2-19-18(22-13-15-6-5-11-23-15)21-12-14-9-10-20-17-8-4-3-7-16(14)17/h3-11H,2,12-13H2,1H3,(H2,19,21,22). The average molecular weight is 324 g/mol. The van der Waals surface area contributed by atoms with Crippen LogP contribution < -0.4 is 10.6 Å². The lowest BCUT2D eigenvalue weighted by Gasteiger charge is -2.11. The lowest BCUT2D eigenvalue weighted by Crippen LogP contribution is -2.36. The Labute approximate surface area is 140 Å². The number of nitrogens with one attached hydrogen (secondary N) is 2. The van der Waals surface area contributed by atoms with Gasteiger partial charge in [0.05, 0.1) is 18.6 Å². The van der Waals surface area contributed by atoms with E-state index in [4.69, 9.17) is 4.99 Å². The fourth-order valence-electron chi connectivity index (χ4n) is 2.38. The maximum absolute atomic E-state index is 4.70. The van der Waals surface area contributed by atoms with Crippen molar-refractivity contribution in [3.8, 4) is 0 Å². The Morgan fingerprint density at radius 1 is 1.13 bits per heavy atom. The van der Waals surface area contributed by atoms with Gasteiger partial charge in [0.2, 0.25) is 0 Å². The van der Waals surface area contributed by atoms with Gasteiger partial charge in [-0.25, -0.2) is 4.99 Å². The number of nitrogens with zero attached hydrogens (tertiary/aromatic N) is 2. The van der Waals surface area contributed by atoms with Crippen molar-refractivity contribution in [2.45, 2.75) is 20.0 Å². The molecule has 0 bridgehead atoms. The Morgan fingerprint density at radius 3 is 2.87 bits per heavy atom. The number of benzene rings is 1. The number of aromatic nitrogens is 1. The van der Waals surface area contributed by atoms with Crippen LogP contribution in [0.5, 0.6) is 0 Å². The fraction of sp³-hybridized carbons (Fsp3) is 0.222. The smallest absolute Gasteiger partial charge is 0.191 e. The molecule has 0 fully saturated rings. The van der Waals surface area contributed by atoms with Crippen LogP contribution in [0.4, 0.5) is 0 Å². The molecule has 2 aromatic heterocycles. The highest BCUT2D eigenvalue weighted by molar-refractivity contribution is 7.09. The Balaban J connectivity index is 1.74. The molecule has 1 aromatic carbocycles. The first-order chi connectivity index (χ1) is 11.4. The molecular weight excluding hydrogens is 304 g/mol. The first-order valence-electron chi connectivity index (χ1n) is 7.74. The van der Waals surface area contributed by atoms with Gasteiger partial charge < -0.3 is 10.6 Å². The molecule has 0 aliphatic rings. The first kappa shape index (κ1) is 15.5. The molecule has 5 heteroatoms. The van der Waals surface area contributed by atoms with Crippen LogP contribution >= 0.6 is 11.3 Å².